The molecule has 0 spiro atoms. The van der Waals surface area contributed by atoms with Crippen LogP contribution in [0.4, 0.5) is 5.95 Å². The van der Waals surface area contributed by atoms with Crippen LogP contribution in [-0.2, 0) is 11.2 Å². The fraction of sp³-hybridized carbons (Fsp3) is 0.591. The van der Waals surface area contributed by atoms with Gasteiger partial charge >= 0.3 is 0 Å². The highest BCUT2D eigenvalue weighted by Crippen LogP contribution is 2.10. The largest absolute Gasteiger partial charge is 0.469 e. The number of morpholine rings is 1. The molecule has 2 aliphatic heterocycles. The first-order valence-corrected chi connectivity index (χ1v) is 11.3. The van der Waals surface area contributed by atoms with E-state index >= 15 is 0 Å². The number of guanidine groups is 1. The van der Waals surface area contributed by atoms with E-state index in [1.54, 1.807) is 18.7 Å². The van der Waals surface area contributed by atoms with Gasteiger partial charge in [0.05, 0.1) is 19.5 Å². The zero-order valence-electron chi connectivity index (χ0n) is 18.2. The summed E-state index contributed by atoms with van der Waals surface area (Å²) in [5, 5.41) is 3.55. The minimum atomic E-state index is 0.803. The van der Waals surface area contributed by atoms with Crippen LogP contribution in [0.15, 0.2) is 46.3 Å². The first-order valence-electron chi connectivity index (χ1n) is 11.3. The van der Waals surface area contributed by atoms with Gasteiger partial charge in [0, 0.05) is 77.7 Å². The molecule has 2 aromatic rings. The van der Waals surface area contributed by atoms with E-state index in [1.165, 1.54) is 0 Å². The fourth-order valence-electron chi connectivity index (χ4n) is 3.90. The third-order valence-corrected chi connectivity index (χ3v) is 5.65. The van der Waals surface area contributed by atoms with Crippen molar-refractivity contribution in [2.24, 2.45) is 4.99 Å². The molecule has 2 aromatic heterocycles. The molecule has 0 unspecified atom stereocenters. The average Bonchev–Trinajstić information content (AvgIpc) is 3.36. The Morgan fingerprint density at radius 2 is 1.84 bits per heavy atom. The van der Waals surface area contributed by atoms with Gasteiger partial charge < -0.3 is 24.3 Å². The summed E-state index contributed by atoms with van der Waals surface area (Å²) in [5.74, 6) is 2.78. The molecule has 2 saturated heterocycles. The van der Waals surface area contributed by atoms with Crippen LogP contribution in [0.5, 0.6) is 0 Å². The number of hydrogen-bond donors (Lipinski definition) is 1. The quantitative estimate of drug-likeness (QED) is 0.381. The van der Waals surface area contributed by atoms with Gasteiger partial charge in [0.25, 0.3) is 0 Å². The van der Waals surface area contributed by atoms with Gasteiger partial charge in [0.1, 0.15) is 5.76 Å². The van der Waals surface area contributed by atoms with Gasteiger partial charge in [-0.05, 0) is 24.6 Å². The number of anilines is 1. The van der Waals surface area contributed by atoms with E-state index in [0.717, 1.165) is 103 Å². The Morgan fingerprint density at radius 1 is 1.03 bits per heavy atom. The fourth-order valence-corrected chi connectivity index (χ4v) is 3.90. The Bertz CT molecular complexity index is 770. The molecule has 9 nitrogen and oxygen atoms in total. The molecular formula is C22H33N7O2. The molecule has 2 aliphatic rings. The van der Waals surface area contributed by atoms with Crippen LogP contribution < -0.4 is 10.2 Å². The van der Waals surface area contributed by atoms with Gasteiger partial charge in [0.15, 0.2) is 5.96 Å². The lowest BCUT2D eigenvalue weighted by molar-refractivity contribution is 0.0377. The third-order valence-electron chi connectivity index (χ3n) is 5.65. The smallest absolute Gasteiger partial charge is 0.225 e. The number of nitrogens with one attached hydrogen (secondary N) is 1. The predicted molar refractivity (Wildman–Crippen MR) is 120 cm³/mol. The van der Waals surface area contributed by atoms with Crippen LogP contribution in [0, 0.1) is 0 Å². The maximum Gasteiger partial charge on any atom is 0.225 e. The molecule has 0 aromatic carbocycles. The van der Waals surface area contributed by atoms with E-state index in [4.69, 9.17) is 14.1 Å². The van der Waals surface area contributed by atoms with Gasteiger partial charge in [-0.25, -0.2) is 9.97 Å². The summed E-state index contributed by atoms with van der Waals surface area (Å²) in [4.78, 5) is 20.7. The van der Waals surface area contributed by atoms with Crippen LogP contribution in [0.2, 0.25) is 0 Å². The van der Waals surface area contributed by atoms with Crippen molar-refractivity contribution in [1.82, 2.24) is 25.1 Å². The van der Waals surface area contributed by atoms with E-state index in [1.807, 2.05) is 18.2 Å². The molecule has 1 N–H and O–H groups in total. The maximum absolute atomic E-state index is 5.46. The Labute approximate surface area is 184 Å². The lowest BCUT2D eigenvalue weighted by Gasteiger charge is -2.36. The lowest BCUT2D eigenvalue weighted by atomic mass is 10.3. The van der Waals surface area contributed by atoms with Gasteiger partial charge in [-0.2, -0.15) is 0 Å². The van der Waals surface area contributed by atoms with E-state index in [2.05, 4.69) is 30.0 Å². The lowest BCUT2D eigenvalue weighted by Crippen LogP contribution is -2.53. The maximum atomic E-state index is 5.46. The number of hydrogen-bond acceptors (Lipinski definition) is 7. The van der Waals surface area contributed by atoms with Crippen molar-refractivity contribution >= 4 is 11.9 Å². The van der Waals surface area contributed by atoms with Crippen molar-refractivity contribution < 1.29 is 9.15 Å². The number of rotatable bonds is 8. The molecule has 168 valence electrons. The Morgan fingerprint density at radius 3 is 2.58 bits per heavy atom. The summed E-state index contributed by atoms with van der Waals surface area (Å²) in [6, 6.07) is 5.80. The molecule has 2 fully saturated rings. The minimum Gasteiger partial charge on any atom is -0.469 e. The van der Waals surface area contributed by atoms with Crippen molar-refractivity contribution in [2.45, 2.75) is 12.8 Å². The van der Waals surface area contributed by atoms with Crippen molar-refractivity contribution in [1.29, 1.82) is 0 Å². The van der Waals surface area contributed by atoms with Crippen molar-refractivity contribution in [3.05, 3.63) is 42.6 Å². The molecule has 0 atom stereocenters. The zero-order valence-corrected chi connectivity index (χ0v) is 18.2. The number of furan rings is 1. The van der Waals surface area contributed by atoms with Crippen LogP contribution in [0.3, 0.4) is 0 Å². The average molecular weight is 428 g/mol. The Balaban J connectivity index is 1.29. The number of nitrogens with zero attached hydrogens (tertiary/aromatic N) is 6. The predicted octanol–water partition coefficient (Wildman–Crippen LogP) is 1.10. The van der Waals surface area contributed by atoms with Crippen LogP contribution in [0.1, 0.15) is 12.2 Å². The second-order valence-corrected chi connectivity index (χ2v) is 7.79. The van der Waals surface area contributed by atoms with Crippen LogP contribution >= 0.6 is 0 Å². The van der Waals surface area contributed by atoms with E-state index in [-0.39, 0.29) is 0 Å². The zero-order chi connectivity index (χ0) is 21.1. The van der Waals surface area contributed by atoms with Gasteiger partial charge in [-0.15, -0.1) is 0 Å². The SMILES string of the molecule is c1cnc(N2CCN(C(=NCCCN3CCOCC3)NCCc3ccco3)CC2)nc1. The first kappa shape index (κ1) is 21.6. The van der Waals surface area contributed by atoms with Crippen molar-refractivity contribution in [3.8, 4) is 0 Å². The van der Waals surface area contributed by atoms with Crippen molar-refractivity contribution in [2.75, 3.05) is 77.0 Å². The summed E-state index contributed by atoms with van der Waals surface area (Å²) in [5.41, 5.74) is 0. The second-order valence-electron chi connectivity index (χ2n) is 7.79. The number of ether oxygens (including phenoxy) is 1. The standard InChI is InChI=1S/C22H33N7O2/c1-4-20(31-17-1)5-9-26-22(25-8-3-10-27-15-18-30-19-16-27)29-13-11-28(12-14-29)21-23-6-2-7-24-21/h1-2,4,6-7,17H,3,5,8-16,18-19H2,(H,25,26). The second kappa shape index (κ2) is 11.7. The Hall–Kier alpha value is -2.65. The molecule has 9 heteroatoms. The van der Waals surface area contributed by atoms with Gasteiger partial charge in [-0.3, -0.25) is 9.89 Å². The summed E-state index contributed by atoms with van der Waals surface area (Å²) >= 11 is 0. The Kier molecular flexibility index (Phi) is 8.12. The summed E-state index contributed by atoms with van der Waals surface area (Å²) in [7, 11) is 0. The van der Waals surface area contributed by atoms with E-state index in [9.17, 15) is 0 Å². The van der Waals surface area contributed by atoms with Crippen LogP contribution in [0.25, 0.3) is 0 Å². The molecule has 0 amide bonds. The number of aliphatic imine (C=N–C) groups is 1. The highest BCUT2D eigenvalue weighted by Gasteiger charge is 2.21. The minimum absolute atomic E-state index is 0.803. The summed E-state index contributed by atoms with van der Waals surface area (Å²) in [6.45, 7) is 10.0. The first-order chi connectivity index (χ1) is 15.4. The van der Waals surface area contributed by atoms with Crippen molar-refractivity contribution in [3.63, 3.8) is 0 Å². The molecule has 4 rings (SSSR count). The highest BCUT2D eigenvalue weighted by atomic mass is 16.5. The summed E-state index contributed by atoms with van der Waals surface area (Å²) in [6.07, 6.45) is 7.22. The molecule has 31 heavy (non-hydrogen) atoms. The number of aromatic nitrogens is 2. The van der Waals surface area contributed by atoms with Gasteiger partial charge in [-0.1, -0.05) is 0 Å². The highest BCUT2D eigenvalue weighted by molar-refractivity contribution is 5.80. The molecule has 0 radical (unpaired) electrons. The van der Waals surface area contributed by atoms with E-state index < -0.39 is 0 Å². The number of piperazine rings is 1. The molecule has 4 heterocycles. The molecule has 0 aliphatic carbocycles. The molecule has 0 saturated carbocycles. The summed E-state index contributed by atoms with van der Waals surface area (Å²) < 4.78 is 10.9. The topological polar surface area (TPSA) is 82.3 Å². The molecule has 0 bridgehead atoms. The van der Waals surface area contributed by atoms with E-state index in [0.29, 0.717) is 0 Å². The molecular weight excluding hydrogens is 394 g/mol. The van der Waals surface area contributed by atoms with Gasteiger partial charge in [0.2, 0.25) is 5.95 Å². The van der Waals surface area contributed by atoms with Crippen LogP contribution in [-0.4, -0.2) is 97.8 Å². The normalized spacial score (nSPS) is 18.4. The third kappa shape index (κ3) is 6.67. The monoisotopic (exact) mass is 427 g/mol.